The Labute approximate surface area is 169 Å². The van der Waals surface area contributed by atoms with Crippen molar-refractivity contribution >= 4 is 18.1 Å². The summed E-state index contributed by atoms with van der Waals surface area (Å²) >= 11 is 5.66. The highest BCUT2D eigenvalue weighted by Gasteiger charge is 2.18. The molecule has 3 aromatic rings. The summed E-state index contributed by atoms with van der Waals surface area (Å²) in [6.07, 6.45) is 10.3. The van der Waals surface area contributed by atoms with E-state index < -0.39 is 0 Å². The van der Waals surface area contributed by atoms with Gasteiger partial charge >= 0.3 is 0 Å². The molecule has 1 N–H and O–H groups in total. The summed E-state index contributed by atoms with van der Waals surface area (Å²) < 4.78 is 5.94. The van der Waals surface area contributed by atoms with Crippen LogP contribution in [0.5, 0.6) is 0 Å². The molecule has 1 saturated carbocycles. The normalized spacial score (nSPS) is 14.9. The molecular formula is C21H25N5OS. The number of amides is 1. The summed E-state index contributed by atoms with van der Waals surface area (Å²) in [6, 6.07) is 14.3. The first-order chi connectivity index (χ1) is 13.7. The molecule has 0 radical (unpaired) electrons. The topological polar surface area (TPSA) is 56.8 Å². The largest absolute Gasteiger partial charge is 0.352 e. The zero-order valence-corrected chi connectivity index (χ0v) is 16.6. The number of rotatable bonds is 6. The Hall–Kier alpha value is -2.67. The van der Waals surface area contributed by atoms with Gasteiger partial charge in [0.1, 0.15) is 6.54 Å². The molecule has 2 aromatic heterocycles. The Morgan fingerprint density at radius 1 is 1.07 bits per heavy atom. The molecule has 6 nitrogen and oxygen atoms in total. The first kappa shape index (κ1) is 18.7. The van der Waals surface area contributed by atoms with Crippen LogP contribution in [0.25, 0.3) is 0 Å². The lowest BCUT2D eigenvalue weighted by Gasteiger charge is -2.22. The molecule has 1 aliphatic carbocycles. The van der Waals surface area contributed by atoms with E-state index in [1.54, 1.807) is 4.68 Å². The minimum absolute atomic E-state index is 0.0218. The van der Waals surface area contributed by atoms with Crippen molar-refractivity contribution in [3.8, 4) is 0 Å². The highest BCUT2D eigenvalue weighted by atomic mass is 32.1. The minimum Gasteiger partial charge on any atom is -0.352 e. The van der Waals surface area contributed by atoms with Crippen LogP contribution in [-0.2, 0) is 17.8 Å². The maximum atomic E-state index is 12.6. The molecule has 1 amide bonds. The maximum absolute atomic E-state index is 12.6. The second-order valence-electron chi connectivity index (χ2n) is 7.30. The lowest BCUT2D eigenvalue weighted by molar-refractivity contribution is -0.122. The predicted octanol–water partition coefficient (Wildman–Crippen LogP) is 3.57. The van der Waals surface area contributed by atoms with E-state index in [2.05, 4.69) is 22.5 Å². The van der Waals surface area contributed by atoms with E-state index in [9.17, 15) is 4.79 Å². The number of nitrogens with one attached hydrogen (secondary N) is 1. The van der Waals surface area contributed by atoms with Gasteiger partial charge in [0.05, 0.1) is 0 Å². The van der Waals surface area contributed by atoms with Gasteiger partial charge in [0.25, 0.3) is 0 Å². The summed E-state index contributed by atoms with van der Waals surface area (Å²) in [5, 5.41) is 7.83. The van der Waals surface area contributed by atoms with Gasteiger partial charge in [0.15, 0.2) is 5.82 Å². The summed E-state index contributed by atoms with van der Waals surface area (Å²) in [5.41, 5.74) is 1.15. The van der Waals surface area contributed by atoms with Crippen molar-refractivity contribution in [3.05, 3.63) is 71.0 Å². The molecule has 4 rings (SSSR count). The van der Waals surface area contributed by atoms with Crippen molar-refractivity contribution in [2.75, 3.05) is 0 Å². The van der Waals surface area contributed by atoms with Gasteiger partial charge in [-0.2, -0.15) is 5.10 Å². The molecule has 2 heterocycles. The number of carbonyl (C=O) groups excluding carboxylic acids is 1. The molecule has 146 valence electrons. The first-order valence-corrected chi connectivity index (χ1v) is 10.3. The predicted molar refractivity (Wildman–Crippen MR) is 111 cm³/mol. The van der Waals surface area contributed by atoms with Gasteiger partial charge in [-0.1, -0.05) is 49.6 Å². The highest BCUT2D eigenvalue weighted by molar-refractivity contribution is 7.71. The van der Waals surface area contributed by atoms with E-state index in [4.69, 9.17) is 12.2 Å². The SMILES string of the molecule is O=C(Cn1nc(Cc2ccccc2)n(-n2cccc2)c1=S)NC1CCCCC1. The summed E-state index contributed by atoms with van der Waals surface area (Å²) in [4.78, 5) is 12.6. The monoisotopic (exact) mass is 395 g/mol. The standard InChI is InChI=1S/C21H25N5OS/c27-20(22-18-11-5-2-6-12-18)16-25-21(28)26(24-13-7-8-14-24)19(23-25)15-17-9-3-1-4-10-17/h1,3-4,7-10,13-14,18H,2,5-6,11-12,15-16H2,(H,22,27). The van der Waals surface area contributed by atoms with Gasteiger partial charge in [-0.05, 0) is 42.8 Å². The Balaban J connectivity index is 1.58. The molecule has 0 aliphatic heterocycles. The molecule has 0 spiro atoms. The van der Waals surface area contributed by atoms with Gasteiger partial charge in [-0.3, -0.25) is 9.47 Å². The molecule has 1 aliphatic rings. The number of carbonyl (C=O) groups is 1. The molecule has 0 saturated heterocycles. The second-order valence-corrected chi connectivity index (χ2v) is 7.66. The minimum atomic E-state index is -0.0218. The van der Waals surface area contributed by atoms with Crippen molar-refractivity contribution in [3.63, 3.8) is 0 Å². The zero-order valence-electron chi connectivity index (χ0n) is 15.8. The number of nitrogens with zero attached hydrogens (tertiary/aromatic N) is 4. The quantitative estimate of drug-likeness (QED) is 0.649. The van der Waals surface area contributed by atoms with E-state index in [1.807, 2.05) is 52.1 Å². The third-order valence-electron chi connectivity index (χ3n) is 5.17. The fraction of sp³-hybridized carbons (Fsp3) is 0.381. The van der Waals surface area contributed by atoms with Crippen molar-refractivity contribution < 1.29 is 4.79 Å². The highest BCUT2D eigenvalue weighted by Crippen LogP contribution is 2.17. The van der Waals surface area contributed by atoms with E-state index in [-0.39, 0.29) is 18.5 Å². The Morgan fingerprint density at radius 2 is 1.79 bits per heavy atom. The number of hydrogen-bond acceptors (Lipinski definition) is 3. The lowest BCUT2D eigenvalue weighted by Crippen LogP contribution is -2.38. The smallest absolute Gasteiger partial charge is 0.242 e. The fourth-order valence-corrected chi connectivity index (χ4v) is 4.09. The molecule has 7 heteroatoms. The molecule has 0 atom stereocenters. The summed E-state index contributed by atoms with van der Waals surface area (Å²) in [7, 11) is 0. The van der Waals surface area contributed by atoms with Gasteiger partial charge in [0, 0.05) is 24.9 Å². The molecular weight excluding hydrogens is 370 g/mol. The van der Waals surface area contributed by atoms with E-state index in [0.717, 1.165) is 24.2 Å². The van der Waals surface area contributed by atoms with Crippen LogP contribution < -0.4 is 5.32 Å². The first-order valence-electron chi connectivity index (χ1n) is 9.86. The Kier molecular flexibility index (Phi) is 5.71. The molecule has 1 fully saturated rings. The molecule has 28 heavy (non-hydrogen) atoms. The van der Waals surface area contributed by atoms with Crippen LogP contribution in [0.15, 0.2) is 54.9 Å². The van der Waals surface area contributed by atoms with Crippen molar-refractivity contribution in [2.24, 2.45) is 0 Å². The van der Waals surface area contributed by atoms with Gasteiger partial charge < -0.3 is 5.32 Å². The van der Waals surface area contributed by atoms with Crippen molar-refractivity contribution in [1.82, 2.24) is 24.4 Å². The van der Waals surface area contributed by atoms with E-state index in [1.165, 1.54) is 19.3 Å². The third kappa shape index (κ3) is 4.25. The Bertz CT molecular complexity index is 968. The van der Waals surface area contributed by atoms with Crippen LogP contribution in [-0.4, -0.2) is 31.1 Å². The van der Waals surface area contributed by atoms with Crippen LogP contribution in [0, 0.1) is 4.77 Å². The van der Waals surface area contributed by atoms with Gasteiger partial charge in [-0.15, -0.1) is 0 Å². The fourth-order valence-electron chi connectivity index (χ4n) is 3.78. The van der Waals surface area contributed by atoms with E-state index >= 15 is 0 Å². The van der Waals surface area contributed by atoms with Crippen LogP contribution >= 0.6 is 12.2 Å². The van der Waals surface area contributed by atoms with Crippen molar-refractivity contribution in [1.29, 1.82) is 0 Å². The lowest BCUT2D eigenvalue weighted by atomic mass is 9.95. The average molecular weight is 396 g/mol. The number of hydrogen-bond donors (Lipinski definition) is 1. The van der Waals surface area contributed by atoms with Crippen LogP contribution in [0.4, 0.5) is 0 Å². The van der Waals surface area contributed by atoms with Crippen LogP contribution in [0.3, 0.4) is 0 Å². The van der Waals surface area contributed by atoms with Crippen LogP contribution in [0.1, 0.15) is 43.5 Å². The average Bonchev–Trinajstić information content (AvgIpc) is 3.32. The van der Waals surface area contributed by atoms with E-state index in [0.29, 0.717) is 11.2 Å². The number of aromatic nitrogens is 4. The zero-order chi connectivity index (χ0) is 19.3. The van der Waals surface area contributed by atoms with Gasteiger partial charge in [0.2, 0.25) is 10.7 Å². The second kappa shape index (κ2) is 8.56. The Morgan fingerprint density at radius 3 is 2.50 bits per heavy atom. The molecule has 0 unspecified atom stereocenters. The summed E-state index contributed by atoms with van der Waals surface area (Å²) in [5.74, 6) is 0.782. The van der Waals surface area contributed by atoms with Crippen LogP contribution in [0.2, 0.25) is 0 Å². The van der Waals surface area contributed by atoms with Crippen molar-refractivity contribution in [2.45, 2.75) is 51.1 Å². The molecule has 0 bridgehead atoms. The molecule has 1 aromatic carbocycles. The third-order valence-corrected chi connectivity index (χ3v) is 5.55. The van der Waals surface area contributed by atoms with Gasteiger partial charge in [-0.25, -0.2) is 9.36 Å². The number of benzene rings is 1. The maximum Gasteiger partial charge on any atom is 0.242 e. The summed E-state index contributed by atoms with van der Waals surface area (Å²) in [6.45, 7) is 0.144.